The van der Waals surface area contributed by atoms with Gasteiger partial charge in [0.1, 0.15) is 11.6 Å². The third-order valence-electron chi connectivity index (χ3n) is 5.21. The number of anilines is 2. The summed E-state index contributed by atoms with van der Waals surface area (Å²) in [7, 11) is 1.51. The summed E-state index contributed by atoms with van der Waals surface area (Å²) in [6.45, 7) is 0. The minimum absolute atomic E-state index is 0.101. The number of carbonyl (C=O) groups is 1. The highest BCUT2D eigenvalue weighted by Gasteiger charge is 2.46. The van der Waals surface area contributed by atoms with Crippen LogP contribution < -0.4 is 15.4 Å². The Morgan fingerprint density at radius 3 is 2.50 bits per heavy atom. The lowest BCUT2D eigenvalue weighted by Gasteiger charge is -2.33. The van der Waals surface area contributed by atoms with Crippen molar-refractivity contribution in [1.29, 1.82) is 5.26 Å². The standard InChI is InChI=1S/C22H18F3N5O2/c1-32-16-8-4-14(5-9-16)17-10-19(22(23,24)25)30-20(28-17)11-18(29-30)21(31)27-15-6-2-13(12-26)3-7-15/h2-9,11,17,19,28H,10H2,1H3,(H,27,31)/t17-,19+/m0/s1. The number of carbonyl (C=O) groups excluding carboxylic acids is 1. The van der Waals surface area contributed by atoms with Gasteiger partial charge in [-0.05, 0) is 42.0 Å². The van der Waals surface area contributed by atoms with E-state index in [4.69, 9.17) is 10.00 Å². The fourth-order valence-electron chi connectivity index (χ4n) is 3.56. The zero-order chi connectivity index (χ0) is 22.9. The molecule has 2 atom stereocenters. The van der Waals surface area contributed by atoms with Crippen molar-refractivity contribution in [3.05, 3.63) is 71.4 Å². The molecule has 0 bridgehead atoms. The summed E-state index contributed by atoms with van der Waals surface area (Å²) in [4.78, 5) is 12.6. The van der Waals surface area contributed by atoms with Crippen LogP contribution in [0.5, 0.6) is 5.75 Å². The highest BCUT2D eigenvalue weighted by atomic mass is 19.4. The quantitative estimate of drug-likeness (QED) is 0.614. The molecular formula is C22H18F3N5O2. The number of rotatable bonds is 4. The number of nitriles is 1. The van der Waals surface area contributed by atoms with Crippen LogP contribution in [0.25, 0.3) is 0 Å². The number of ether oxygens (including phenoxy) is 1. The van der Waals surface area contributed by atoms with Gasteiger partial charge in [0.2, 0.25) is 0 Å². The largest absolute Gasteiger partial charge is 0.497 e. The molecule has 0 aliphatic carbocycles. The molecule has 7 nitrogen and oxygen atoms in total. The van der Waals surface area contributed by atoms with Crippen molar-refractivity contribution >= 4 is 17.4 Å². The summed E-state index contributed by atoms with van der Waals surface area (Å²) in [6.07, 6.45) is -4.82. The minimum Gasteiger partial charge on any atom is -0.497 e. The molecule has 4 rings (SSSR count). The number of fused-ring (bicyclic) bond motifs is 1. The number of hydrogen-bond donors (Lipinski definition) is 2. The van der Waals surface area contributed by atoms with Crippen molar-refractivity contribution in [2.45, 2.75) is 24.7 Å². The maximum absolute atomic E-state index is 13.8. The molecule has 0 fully saturated rings. The molecule has 0 unspecified atom stereocenters. The normalized spacial score (nSPS) is 17.6. The lowest BCUT2D eigenvalue weighted by molar-refractivity contribution is -0.173. The molecule has 1 amide bonds. The highest BCUT2D eigenvalue weighted by molar-refractivity contribution is 6.03. The summed E-state index contributed by atoms with van der Waals surface area (Å²) in [5, 5.41) is 18.4. The van der Waals surface area contributed by atoms with E-state index in [-0.39, 0.29) is 17.9 Å². The minimum atomic E-state index is -4.55. The van der Waals surface area contributed by atoms with Crippen molar-refractivity contribution in [3.63, 3.8) is 0 Å². The van der Waals surface area contributed by atoms with E-state index in [0.717, 1.165) is 4.68 Å². The van der Waals surface area contributed by atoms with Crippen LogP contribution in [0.3, 0.4) is 0 Å². The topological polar surface area (TPSA) is 92.0 Å². The predicted octanol–water partition coefficient (Wildman–Crippen LogP) is 4.68. The number of nitrogens with one attached hydrogen (secondary N) is 2. The van der Waals surface area contributed by atoms with Gasteiger partial charge in [0.15, 0.2) is 11.7 Å². The first kappa shape index (κ1) is 21.2. The van der Waals surface area contributed by atoms with E-state index in [1.165, 1.54) is 37.4 Å². The Morgan fingerprint density at radius 1 is 1.22 bits per heavy atom. The van der Waals surface area contributed by atoms with Crippen molar-refractivity contribution in [1.82, 2.24) is 9.78 Å². The molecule has 164 valence electrons. The van der Waals surface area contributed by atoms with Gasteiger partial charge in [-0.15, -0.1) is 0 Å². The Kier molecular flexibility index (Phi) is 5.48. The number of hydrogen-bond acceptors (Lipinski definition) is 5. The van der Waals surface area contributed by atoms with Gasteiger partial charge in [-0.3, -0.25) is 4.79 Å². The number of halogens is 3. The smallest absolute Gasteiger partial charge is 0.410 e. The van der Waals surface area contributed by atoms with Crippen molar-refractivity contribution in [3.8, 4) is 11.8 Å². The summed E-state index contributed by atoms with van der Waals surface area (Å²) in [6, 6.07) is 13.6. The van der Waals surface area contributed by atoms with Gasteiger partial charge in [-0.1, -0.05) is 12.1 Å². The molecule has 32 heavy (non-hydrogen) atoms. The van der Waals surface area contributed by atoms with Crippen LogP contribution in [0.15, 0.2) is 54.6 Å². The average Bonchev–Trinajstić information content (AvgIpc) is 3.22. The Hall–Kier alpha value is -4.00. The van der Waals surface area contributed by atoms with E-state index < -0.39 is 24.2 Å². The van der Waals surface area contributed by atoms with E-state index in [9.17, 15) is 18.0 Å². The van der Waals surface area contributed by atoms with Crippen LogP contribution in [0.2, 0.25) is 0 Å². The molecule has 0 saturated heterocycles. The number of aromatic nitrogens is 2. The van der Waals surface area contributed by atoms with Crippen LogP contribution >= 0.6 is 0 Å². The Morgan fingerprint density at radius 2 is 1.91 bits per heavy atom. The molecule has 1 aliphatic rings. The van der Waals surface area contributed by atoms with Crippen LogP contribution in [-0.4, -0.2) is 29.0 Å². The van der Waals surface area contributed by atoms with Gasteiger partial charge >= 0.3 is 6.18 Å². The number of amides is 1. The first-order valence-electron chi connectivity index (χ1n) is 9.67. The van der Waals surface area contributed by atoms with Crippen LogP contribution in [0.1, 0.15) is 40.1 Å². The second-order valence-electron chi connectivity index (χ2n) is 7.27. The van der Waals surface area contributed by atoms with Gasteiger partial charge in [0.05, 0.1) is 24.8 Å². The zero-order valence-corrected chi connectivity index (χ0v) is 16.8. The van der Waals surface area contributed by atoms with E-state index in [1.54, 1.807) is 24.3 Å². The predicted molar refractivity (Wildman–Crippen MR) is 110 cm³/mol. The number of benzene rings is 2. The Balaban J connectivity index is 1.61. The molecule has 0 spiro atoms. The van der Waals surface area contributed by atoms with Gasteiger partial charge in [0, 0.05) is 18.2 Å². The lowest BCUT2D eigenvalue weighted by atomic mass is 9.97. The second-order valence-corrected chi connectivity index (χ2v) is 7.27. The Bertz CT molecular complexity index is 1160. The van der Waals surface area contributed by atoms with E-state index >= 15 is 0 Å². The maximum Gasteiger partial charge on any atom is 0.410 e. The number of nitrogens with zero attached hydrogens (tertiary/aromatic N) is 3. The SMILES string of the molecule is COc1ccc([C@@H]2C[C@H](C(F)(F)F)n3nc(C(=O)Nc4ccc(C#N)cc4)cc3N2)cc1. The Labute approximate surface area is 181 Å². The molecule has 3 aromatic rings. The number of methoxy groups -OCH3 is 1. The van der Waals surface area contributed by atoms with Crippen LogP contribution in [0, 0.1) is 11.3 Å². The van der Waals surface area contributed by atoms with Crippen LogP contribution in [-0.2, 0) is 0 Å². The first-order chi connectivity index (χ1) is 15.3. The van der Waals surface area contributed by atoms with Crippen molar-refractivity contribution in [2.75, 3.05) is 17.7 Å². The summed E-state index contributed by atoms with van der Waals surface area (Å²) in [5.74, 6) is 0.0495. The maximum atomic E-state index is 13.8. The monoisotopic (exact) mass is 441 g/mol. The van der Waals surface area contributed by atoms with Crippen LogP contribution in [0.4, 0.5) is 24.7 Å². The molecule has 10 heteroatoms. The highest BCUT2D eigenvalue weighted by Crippen LogP contribution is 2.43. The molecule has 1 aromatic heterocycles. The summed E-state index contributed by atoms with van der Waals surface area (Å²) in [5.41, 5.74) is 1.33. The van der Waals surface area contributed by atoms with Gasteiger partial charge in [-0.25, -0.2) is 4.68 Å². The second kappa shape index (κ2) is 8.26. The molecule has 2 heterocycles. The van der Waals surface area contributed by atoms with E-state index in [1.807, 2.05) is 6.07 Å². The molecule has 0 radical (unpaired) electrons. The zero-order valence-electron chi connectivity index (χ0n) is 16.8. The van der Waals surface area contributed by atoms with Crippen molar-refractivity contribution in [2.24, 2.45) is 0 Å². The lowest BCUT2D eigenvalue weighted by Crippen LogP contribution is -2.35. The third-order valence-corrected chi connectivity index (χ3v) is 5.21. The summed E-state index contributed by atoms with van der Waals surface area (Å²) >= 11 is 0. The molecule has 1 aliphatic heterocycles. The van der Waals surface area contributed by atoms with Gasteiger partial charge in [-0.2, -0.15) is 23.5 Å². The molecule has 0 saturated carbocycles. The van der Waals surface area contributed by atoms with Gasteiger partial charge in [0.25, 0.3) is 5.91 Å². The molecule has 2 aromatic carbocycles. The van der Waals surface area contributed by atoms with E-state index in [2.05, 4.69) is 15.7 Å². The fourth-order valence-corrected chi connectivity index (χ4v) is 3.56. The van der Waals surface area contributed by atoms with Crippen molar-refractivity contribution < 1.29 is 22.7 Å². The fraction of sp³-hybridized carbons (Fsp3) is 0.227. The average molecular weight is 441 g/mol. The third kappa shape index (κ3) is 4.23. The van der Waals surface area contributed by atoms with E-state index in [0.29, 0.717) is 22.6 Å². The molecule has 2 N–H and O–H groups in total. The molecular weight excluding hydrogens is 423 g/mol. The number of alkyl halides is 3. The van der Waals surface area contributed by atoms with Gasteiger partial charge < -0.3 is 15.4 Å². The first-order valence-corrected chi connectivity index (χ1v) is 9.67. The summed E-state index contributed by atoms with van der Waals surface area (Å²) < 4.78 is 47.4.